The molecule has 5 nitrogen and oxygen atoms in total. The molecule has 8 heteroatoms. The molecule has 0 aliphatic heterocycles. The van der Waals surface area contributed by atoms with Crippen LogP contribution in [0.25, 0.3) is 0 Å². The summed E-state index contributed by atoms with van der Waals surface area (Å²) in [7, 11) is -3.86. The number of nitrogens with one attached hydrogen (secondary N) is 1. The first kappa shape index (κ1) is 19.3. The Morgan fingerprint density at radius 2 is 1.70 bits per heavy atom. The molecule has 140 valence electrons. The van der Waals surface area contributed by atoms with Crippen LogP contribution < -0.4 is 5.32 Å². The molecule has 0 aliphatic rings. The van der Waals surface area contributed by atoms with Gasteiger partial charge in [-0.05, 0) is 57.9 Å². The van der Waals surface area contributed by atoms with E-state index in [-0.39, 0.29) is 17.2 Å². The highest BCUT2D eigenvalue weighted by Gasteiger charge is 2.30. The van der Waals surface area contributed by atoms with Crippen LogP contribution in [-0.2, 0) is 9.84 Å². The predicted octanol–water partition coefficient (Wildman–Crippen LogP) is 4.13. The summed E-state index contributed by atoms with van der Waals surface area (Å²) in [5.74, 6) is -0.995. The molecule has 0 bridgehead atoms. The molecular weight excluding hydrogens is 437 g/mol. The maximum atomic E-state index is 13.2. The number of halogens is 2. The SMILES string of the molecule is O=C(NCC(c1ccccc1)S(=O)(=O)c1ccc(F)cc1)c1ccc(Br)o1. The van der Waals surface area contributed by atoms with E-state index >= 15 is 0 Å². The molecule has 1 amide bonds. The lowest BCUT2D eigenvalue weighted by atomic mass is 10.1. The summed E-state index contributed by atoms with van der Waals surface area (Å²) in [5, 5.41) is 1.56. The van der Waals surface area contributed by atoms with Crippen LogP contribution in [0.3, 0.4) is 0 Å². The Hall–Kier alpha value is -2.45. The van der Waals surface area contributed by atoms with Crippen LogP contribution in [0.2, 0.25) is 0 Å². The molecule has 0 saturated heterocycles. The normalized spacial score (nSPS) is 12.5. The zero-order chi connectivity index (χ0) is 19.4. The van der Waals surface area contributed by atoms with Crippen molar-refractivity contribution in [2.75, 3.05) is 6.54 Å². The maximum absolute atomic E-state index is 13.2. The third-order valence-electron chi connectivity index (χ3n) is 3.93. The van der Waals surface area contributed by atoms with Gasteiger partial charge in [0.05, 0.1) is 4.90 Å². The lowest BCUT2D eigenvalue weighted by Gasteiger charge is -2.19. The first-order valence-electron chi connectivity index (χ1n) is 7.96. The zero-order valence-corrected chi connectivity index (χ0v) is 16.3. The van der Waals surface area contributed by atoms with Gasteiger partial charge in [-0.2, -0.15) is 0 Å². The Labute approximate surface area is 164 Å². The van der Waals surface area contributed by atoms with Crippen molar-refractivity contribution in [3.05, 3.63) is 88.5 Å². The molecule has 2 aromatic carbocycles. The summed E-state index contributed by atoms with van der Waals surface area (Å²) in [6.07, 6.45) is 0. The van der Waals surface area contributed by atoms with E-state index in [0.717, 1.165) is 12.1 Å². The molecule has 1 N–H and O–H groups in total. The Kier molecular flexibility index (Phi) is 5.76. The highest BCUT2D eigenvalue weighted by molar-refractivity contribution is 9.10. The summed E-state index contributed by atoms with van der Waals surface area (Å²) < 4.78 is 44.9. The fourth-order valence-corrected chi connectivity index (χ4v) is 4.54. The van der Waals surface area contributed by atoms with Crippen molar-refractivity contribution in [1.29, 1.82) is 0 Å². The number of hydrogen-bond donors (Lipinski definition) is 1. The van der Waals surface area contributed by atoms with Crippen molar-refractivity contribution < 1.29 is 22.0 Å². The van der Waals surface area contributed by atoms with E-state index in [4.69, 9.17) is 4.42 Å². The van der Waals surface area contributed by atoms with Crippen LogP contribution in [0.5, 0.6) is 0 Å². The van der Waals surface area contributed by atoms with E-state index in [2.05, 4.69) is 21.2 Å². The molecule has 0 saturated carbocycles. The van der Waals surface area contributed by atoms with Crippen molar-refractivity contribution in [2.45, 2.75) is 10.1 Å². The minimum absolute atomic E-state index is 0.0206. The second kappa shape index (κ2) is 8.06. The van der Waals surface area contributed by atoms with Gasteiger partial charge in [0.2, 0.25) is 0 Å². The third-order valence-corrected chi connectivity index (χ3v) is 6.48. The average molecular weight is 452 g/mol. The first-order valence-corrected chi connectivity index (χ1v) is 10.3. The largest absolute Gasteiger partial charge is 0.444 e. The summed E-state index contributed by atoms with van der Waals surface area (Å²) >= 11 is 3.11. The number of sulfone groups is 1. The molecular formula is C19H15BrFNO4S. The quantitative estimate of drug-likeness (QED) is 0.571. The van der Waals surface area contributed by atoms with Crippen molar-refractivity contribution in [3.8, 4) is 0 Å². The molecule has 1 atom stereocenters. The number of benzene rings is 2. The molecule has 3 aromatic rings. The second-order valence-electron chi connectivity index (χ2n) is 5.71. The fraction of sp³-hybridized carbons (Fsp3) is 0.105. The second-order valence-corrected chi connectivity index (χ2v) is 8.62. The highest BCUT2D eigenvalue weighted by atomic mass is 79.9. The van der Waals surface area contributed by atoms with E-state index in [1.165, 1.54) is 18.2 Å². The van der Waals surface area contributed by atoms with Gasteiger partial charge in [0, 0.05) is 6.54 Å². The monoisotopic (exact) mass is 451 g/mol. The van der Waals surface area contributed by atoms with E-state index in [0.29, 0.717) is 10.2 Å². The molecule has 27 heavy (non-hydrogen) atoms. The molecule has 0 radical (unpaired) electrons. The van der Waals surface area contributed by atoms with Crippen molar-refractivity contribution in [1.82, 2.24) is 5.32 Å². The smallest absolute Gasteiger partial charge is 0.287 e. The first-order chi connectivity index (χ1) is 12.9. The number of hydrogen-bond acceptors (Lipinski definition) is 4. The Morgan fingerprint density at radius 1 is 1.04 bits per heavy atom. The van der Waals surface area contributed by atoms with E-state index in [1.54, 1.807) is 36.4 Å². The lowest BCUT2D eigenvalue weighted by Crippen LogP contribution is -2.31. The van der Waals surface area contributed by atoms with Crippen LogP contribution >= 0.6 is 15.9 Å². The minimum Gasteiger partial charge on any atom is -0.444 e. The number of amides is 1. The van der Waals surface area contributed by atoms with Crippen molar-refractivity contribution >= 4 is 31.7 Å². The van der Waals surface area contributed by atoms with Crippen molar-refractivity contribution in [3.63, 3.8) is 0 Å². The van der Waals surface area contributed by atoms with E-state index in [9.17, 15) is 17.6 Å². The van der Waals surface area contributed by atoms with Crippen LogP contribution in [-0.4, -0.2) is 20.9 Å². The van der Waals surface area contributed by atoms with Gasteiger partial charge in [0.1, 0.15) is 11.1 Å². The third kappa shape index (κ3) is 4.45. The summed E-state index contributed by atoms with van der Waals surface area (Å²) in [4.78, 5) is 12.2. The van der Waals surface area contributed by atoms with Gasteiger partial charge >= 0.3 is 0 Å². The maximum Gasteiger partial charge on any atom is 0.287 e. The molecule has 0 fully saturated rings. The predicted molar refractivity (Wildman–Crippen MR) is 102 cm³/mol. The van der Waals surface area contributed by atoms with Crippen LogP contribution in [0.1, 0.15) is 21.4 Å². The van der Waals surface area contributed by atoms with Crippen LogP contribution in [0, 0.1) is 5.82 Å². The molecule has 3 rings (SSSR count). The van der Waals surface area contributed by atoms with Gasteiger partial charge in [-0.15, -0.1) is 0 Å². The number of carbonyl (C=O) groups excluding carboxylic acids is 1. The Balaban J connectivity index is 1.89. The average Bonchev–Trinajstić information content (AvgIpc) is 3.09. The molecule has 0 spiro atoms. The van der Waals surface area contributed by atoms with Gasteiger partial charge in [-0.1, -0.05) is 30.3 Å². The lowest BCUT2D eigenvalue weighted by molar-refractivity contribution is 0.0924. The van der Waals surface area contributed by atoms with E-state index in [1.807, 2.05) is 0 Å². The van der Waals surface area contributed by atoms with Crippen LogP contribution in [0.15, 0.2) is 80.7 Å². The Bertz CT molecular complexity index is 1030. The van der Waals surface area contributed by atoms with Gasteiger partial charge in [-0.25, -0.2) is 12.8 Å². The number of furan rings is 1. The fourth-order valence-electron chi connectivity index (χ4n) is 2.57. The van der Waals surface area contributed by atoms with Crippen LogP contribution in [0.4, 0.5) is 4.39 Å². The van der Waals surface area contributed by atoms with E-state index < -0.39 is 26.8 Å². The summed E-state index contributed by atoms with van der Waals surface area (Å²) in [6.45, 7) is -0.166. The topological polar surface area (TPSA) is 76.4 Å². The Morgan fingerprint density at radius 3 is 2.30 bits per heavy atom. The summed E-state index contributed by atoms with van der Waals surface area (Å²) in [5.41, 5.74) is 0.516. The standard InChI is InChI=1S/C19H15BrFNO4S/c20-18-11-10-16(26-18)19(23)22-12-17(13-4-2-1-3-5-13)27(24,25)15-8-6-14(21)7-9-15/h1-11,17H,12H2,(H,22,23). The minimum atomic E-state index is -3.86. The molecule has 1 unspecified atom stereocenters. The zero-order valence-electron chi connectivity index (χ0n) is 13.9. The van der Waals surface area contributed by atoms with Crippen molar-refractivity contribution in [2.24, 2.45) is 0 Å². The number of rotatable bonds is 6. The number of carbonyl (C=O) groups is 1. The molecule has 1 aromatic heterocycles. The van der Waals surface area contributed by atoms with Gasteiger partial charge in [0.15, 0.2) is 20.3 Å². The van der Waals surface area contributed by atoms with Gasteiger partial charge in [0.25, 0.3) is 5.91 Å². The highest BCUT2D eigenvalue weighted by Crippen LogP contribution is 2.28. The molecule has 0 aliphatic carbocycles. The summed E-state index contributed by atoms with van der Waals surface area (Å²) in [6, 6.07) is 16.2. The van der Waals surface area contributed by atoms with Gasteiger partial charge < -0.3 is 9.73 Å². The van der Waals surface area contributed by atoms with Gasteiger partial charge in [-0.3, -0.25) is 4.79 Å². The molecule has 1 heterocycles.